The number of benzene rings is 3. The van der Waals surface area contributed by atoms with Crippen LogP contribution in [0.25, 0.3) is 10.8 Å². The van der Waals surface area contributed by atoms with Gasteiger partial charge in [-0.15, -0.1) is 0 Å². The number of anilines is 5. The largest absolute Gasteiger partial charge is 0.494 e. The van der Waals surface area contributed by atoms with E-state index in [1.165, 1.54) is 28.7 Å². The highest BCUT2D eigenvalue weighted by Gasteiger charge is 2.29. The maximum atomic E-state index is 12.4. The summed E-state index contributed by atoms with van der Waals surface area (Å²) in [5.41, 5.74) is 3.41. The van der Waals surface area contributed by atoms with E-state index < -0.39 is 0 Å². The highest BCUT2D eigenvalue weighted by atomic mass is 16.7. The van der Waals surface area contributed by atoms with Crippen molar-refractivity contribution in [3.63, 3.8) is 0 Å². The second-order valence-corrected chi connectivity index (χ2v) is 10.6. The molecule has 1 amide bonds. The van der Waals surface area contributed by atoms with E-state index in [1.54, 1.807) is 7.11 Å². The molecule has 1 atom stereocenters. The van der Waals surface area contributed by atoms with Crippen LogP contribution in [0, 0.1) is 0 Å². The van der Waals surface area contributed by atoms with Crippen molar-refractivity contribution >= 4 is 45.4 Å². The Bertz CT molecular complexity index is 1620. The Morgan fingerprint density at radius 2 is 1.86 bits per heavy atom. The van der Waals surface area contributed by atoms with E-state index in [0.717, 1.165) is 44.8 Å². The third-order valence-corrected chi connectivity index (χ3v) is 8.13. The number of hydrogen-bond donors (Lipinski definition) is 2. The molecule has 3 heterocycles. The molecule has 0 radical (unpaired) electrons. The van der Waals surface area contributed by atoms with Crippen LogP contribution >= 0.6 is 0 Å². The van der Waals surface area contributed by atoms with Gasteiger partial charge in [-0.3, -0.25) is 9.63 Å². The van der Waals surface area contributed by atoms with Crippen molar-refractivity contribution in [1.29, 1.82) is 0 Å². The van der Waals surface area contributed by atoms with Gasteiger partial charge in [0, 0.05) is 44.7 Å². The fraction of sp³-hybridized carbons (Fsp3) is 0.303. The van der Waals surface area contributed by atoms with Crippen LogP contribution in [0.3, 0.4) is 0 Å². The minimum absolute atomic E-state index is 0.0232. The Balaban J connectivity index is 1.28. The molecular weight excluding hydrogens is 542 g/mol. The van der Waals surface area contributed by atoms with E-state index in [-0.39, 0.29) is 11.9 Å². The van der Waals surface area contributed by atoms with E-state index >= 15 is 0 Å². The molecule has 3 aromatic carbocycles. The number of hydrogen-bond acceptors (Lipinski definition) is 9. The molecule has 2 N–H and O–H groups in total. The minimum atomic E-state index is -0.278. The number of fused-ring (bicyclic) bond motifs is 1. The van der Waals surface area contributed by atoms with Gasteiger partial charge in [0.2, 0.25) is 5.91 Å². The summed E-state index contributed by atoms with van der Waals surface area (Å²) in [6.07, 6.45) is 3.64. The number of hydroxylamine groups is 1. The van der Waals surface area contributed by atoms with Gasteiger partial charge in [-0.05, 0) is 41.1 Å². The van der Waals surface area contributed by atoms with E-state index in [0.29, 0.717) is 35.4 Å². The third kappa shape index (κ3) is 6.11. The summed E-state index contributed by atoms with van der Waals surface area (Å²) in [5, 5.41) is 10.6. The van der Waals surface area contributed by atoms with Crippen molar-refractivity contribution in [2.45, 2.75) is 19.4 Å². The van der Waals surface area contributed by atoms with Crippen LogP contribution in [0.4, 0.5) is 28.7 Å². The van der Waals surface area contributed by atoms with Crippen LogP contribution in [-0.4, -0.2) is 67.2 Å². The normalized spacial score (nSPS) is 17.2. The second kappa shape index (κ2) is 12.7. The van der Waals surface area contributed by atoms with Crippen molar-refractivity contribution in [2.75, 3.05) is 67.0 Å². The lowest BCUT2D eigenvalue weighted by Gasteiger charge is -2.36. The molecule has 0 spiro atoms. The van der Waals surface area contributed by atoms with Crippen LogP contribution in [0.15, 0.2) is 79.6 Å². The third-order valence-electron chi connectivity index (χ3n) is 8.13. The van der Waals surface area contributed by atoms with Gasteiger partial charge in [0.05, 0.1) is 36.8 Å². The zero-order valence-corrected chi connectivity index (χ0v) is 24.6. The highest BCUT2D eigenvalue weighted by Crippen LogP contribution is 2.40. The summed E-state index contributed by atoms with van der Waals surface area (Å²) in [6.45, 7) is 11.0. The number of likely N-dealkylation sites (N-methyl/N-ethyl adjacent to an activating group) is 1. The number of carbonyl (C=O) groups excluding carboxylic acids is 1. The van der Waals surface area contributed by atoms with Gasteiger partial charge in [-0.2, -0.15) is 0 Å². The number of nitrogens with one attached hydrogen (secondary N) is 2. The first-order valence-electron chi connectivity index (χ1n) is 14.7. The highest BCUT2D eigenvalue weighted by molar-refractivity contribution is 6.02. The fourth-order valence-electron chi connectivity index (χ4n) is 5.77. The fourth-order valence-corrected chi connectivity index (χ4v) is 5.77. The number of rotatable bonds is 9. The maximum Gasteiger partial charge on any atom is 0.247 e. The lowest BCUT2D eigenvalue weighted by molar-refractivity contribution is -0.111. The van der Waals surface area contributed by atoms with Crippen LogP contribution in [0.5, 0.6) is 5.75 Å². The number of nitrogens with zero attached hydrogens (tertiary/aromatic N) is 5. The number of carbonyl (C=O) groups is 1. The molecule has 222 valence electrons. The molecule has 0 bridgehead atoms. The van der Waals surface area contributed by atoms with Crippen LogP contribution in [-0.2, 0) is 9.63 Å². The Morgan fingerprint density at radius 3 is 2.63 bits per heavy atom. The maximum absolute atomic E-state index is 12.4. The topological polar surface area (TPSA) is 95.1 Å². The van der Waals surface area contributed by atoms with Gasteiger partial charge in [0.1, 0.15) is 17.9 Å². The van der Waals surface area contributed by atoms with Crippen molar-refractivity contribution in [3.05, 3.63) is 85.2 Å². The lowest BCUT2D eigenvalue weighted by atomic mass is 10.0. The summed E-state index contributed by atoms with van der Waals surface area (Å²) in [7, 11) is 1.64. The Labute approximate surface area is 251 Å². The van der Waals surface area contributed by atoms with Crippen LogP contribution in [0.1, 0.15) is 24.9 Å². The van der Waals surface area contributed by atoms with Crippen molar-refractivity contribution < 1.29 is 14.4 Å². The summed E-state index contributed by atoms with van der Waals surface area (Å²) in [5.74, 6) is 1.58. The quantitative estimate of drug-likeness (QED) is 0.248. The average Bonchev–Trinajstić information content (AvgIpc) is 3.55. The molecule has 0 unspecified atom stereocenters. The molecule has 10 heteroatoms. The number of amides is 1. The SMILES string of the molecule is C=CC(=O)Nc1cc(Nc2cc(N3OCC[C@@H]3c3ccc4ccccc4c3)ncn2)c(OC)cc1N1CCN(CC)CC1. The number of methoxy groups -OCH3 is 1. The zero-order valence-electron chi connectivity index (χ0n) is 24.6. The molecule has 1 aromatic heterocycles. The number of piperazine rings is 1. The van der Waals surface area contributed by atoms with Gasteiger partial charge in [-0.25, -0.2) is 15.0 Å². The molecule has 2 aliphatic heterocycles. The second-order valence-electron chi connectivity index (χ2n) is 10.6. The standard InChI is InChI=1S/C33H37N7O3/c1-4-33(41)37-26-19-27(30(42-3)20-29(26)39-15-13-38(5-2)14-16-39)36-31-21-32(35-22-34-31)40-28(12-17-43-40)25-11-10-23-8-6-7-9-24(23)18-25/h4,6-11,18-22,28H,1,5,12-17H2,2-3H3,(H,37,41)(H,34,35,36)/t28-/m1/s1. The van der Waals surface area contributed by atoms with Crippen LogP contribution < -0.4 is 25.3 Å². The number of ether oxygens (including phenoxy) is 1. The predicted molar refractivity (Wildman–Crippen MR) is 171 cm³/mol. The number of aromatic nitrogens is 2. The minimum Gasteiger partial charge on any atom is -0.494 e. The lowest BCUT2D eigenvalue weighted by Crippen LogP contribution is -2.46. The molecular formula is C33H37N7O3. The Hall–Kier alpha value is -4.67. The van der Waals surface area contributed by atoms with E-state index in [4.69, 9.17) is 9.57 Å². The van der Waals surface area contributed by atoms with Crippen LogP contribution in [0.2, 0.25) is 0 Å². The van der Waals surface area contributed by atoms with E-state index in [1.807, 2.05) is 23.3 Å². The first kappa shape index (κ1) is 28.4. The molecule has 10 nitrogen and oxygen atoms in total. The van der Waals surface area contributed by atoms with E-state index in [9.17, 15) is 4.79 Å². The molecule has 0 saturated carbocycles. The molecule has 6 rings (SSSR count). The summed E-state index contributed by atoms with van der Waals surface area (Å²) in [6, 6.07) is 20.6. The van der Waals surface area contributed by atoms with Gasteiger partial charge in [0.15, 0.2) is 5.82 Å². The first-order valence-corrected chi connectivity index (χ1v) is 14.7. The van der Waals surface area contributed by atoms with Crippen molar-refractivity contribution in [3.8, 4) is 5.75 Å². The molecule has 43 heavy (non-hydrogen) atoms. The Morgan fingerprint density at radius 1 is 1.05 bits per heavy atom. The molecule has 2 fully saturated rings. The summed E-state index contributed by atoms with van der Waals surface area (Å²) >= 11 is 0. The Kier molecular flexibility index (Phi) is 8.39. The van der Waals surface area contributed by atoms with Gasteiger partial charge in [0.25, 0.3) is 0 Å². The van der Waals surface area contributed by atoms with Crippen molar-refractivity contribution in [2.24, 2.45) is 0 Å². The average molecular weight is 580 g/mol. The molecule has 0 aliphatic carbocycles. The van der Waals surface area contributed by atoms with Gasteiger partial charge in [-0.1, -0.05) is 49.9 Å². The zero-order chi connectivity index (χ0) is 29.8. The van der Waals surface area contributed by atoms with E-state index in [2.05, 4.69) is 86.4 Å². The molecule has 2 aliphatic rings. The summed E-state index contributed by atoms with van der Waals surface area (Å²) < 4.78 is 5.81. The first-order chi connectivity index (χ1) is 21.1. The van der Waals surface area contributed by atoms with Gasteiger partial charge >= 0.3 is 0 Å². The molecule has 4 aromatic rings. The van der Waals surface area contributed by atoms with Crippen molar-refractivity contribution in [1.82, 2.24) is 14.9 Å². The van der Waals surface area contributed by atoms with Gasteiger partial charge < -0.3 is 25.2 Å². The molecule has 2 saturated heterocycles. The smallest absolute Gasteiger partial charge is 0.247 e. The summed E-state index contributed by atoms with van der Waals surface area (Å²) in [4.78, 5) is 32.2. The monoisotopic (exact) mass is 579 g/mol. The predicted octanol–water partition coefficient (Wildman–Crippen LogP) is 5.53.